The van der Waals surface area contributed by atoms with Crippen LogP contribution in [-0.2, 0) is 4.74 Å². The second-order valence-corrected chi connectivity index (χ2v) is 5.59. The number of hydrogen-bond donors (Lipinski definition) is 0. The largest absolute Gasteiger partial charge is 0.377 e. The molecule has 0 bridgehead atoms. The predicted molar refractivity (Wildman–Crippen MR) is 70.0 cm³/mol. The van der Waals surface area contributed by atoms with E-state index in [4.69, 9.17) is 4.74 Å². The molecule has 5 nitrogen and oxygen atoms in total. The Balaban J connectivity index is 1.83. The Hall–Kier alpha value is -1.14. The molecule has 0 amide bonds. The molecule has 0 spiro atoms. The Bertz CT molecular complexity index is 562. The summed E-state index contributed by atoms with van der Waals surface area (Å²) in [6, 6.07) is 2.05. The van der Waals surface area contributed by atoms with E-state index in [1.807, 2.05) is 17.4 Å². The summed E-state index contributed by atoms with van der Waals surface area (Å²) in [5.41, 5.74) is 2.10. The summed E-state index contributed by atoms with van der Waals surface area (Å²) in [7, 11) is 0. The summed E-state index contributed by atoms with van der Waals surface area (Å²) in [6.45, 7) is 4.92. The molecule has 0 unspecified atom stereocenters. The highest BCUT2D eigenvalue weighted by Gasteiger charge is 2.18. The van der Waals surface area contributed by atoms with Gasteiger partial charge in [0, 0.05) is 23.7 Å². The van der Waals surface area contributed by atoms with Gasteiger partial charge in [-0.2, -0.15) is 0 Å². The van der Waals surface area contributed by atoms with Crippen LogP contribution in [0.1, 0.15) is 24.2 Å². The van der Waals surface area contributed by atoms with Crippen LogP contribution in [0.15, 0.2) is 11.2 Å². The average molecular weight is 264 g/mol. The number of aromatic nitrogens is 4. The number of aryl methyl sites for hydroxylation is 2. The van der Waals surface area contributed by atoms with E-state index in [1.165, 1.54) is 6.42 Å². The van der Waals surface area contributed by atoms with Crippen LogP contribution in [-0.4, -0.2) is 38.0 Å². The Kier molecular flexibility index (Phi) is 3.22. The van der Waals surface area contributed by atoms with Crippen molar-refractivity contribution in [2.75, 3.05) is 12.4 Å². The van der Waals surface area contributed by atoms with E-state index >= 15 is 0 Å². The first-order chi connectivity index (χ1) is 8.74. The van der Waals surface area contributed by atoms with E-state index in [2.05, 4.69) is 22.1 Å². The minimum atomic E-state index is 0.362. The summed E-state index contributed by atoms with van der Waals surface area (Å²) in [5, 5.41) is 9.25. The first-order valence-corrected chi connectivity index (χ1v) is 7.16. The third-order valence-electron chi connectivity index (χ3n) is 3.09. The van der Waals surface area contributed by atoms with Gasteiger partial charge in [0.2, 0.25) is 0 Å². The van der Waals surface area contributed by atoms with E-state index in [0.29, 0.717) is 11.9 Å². The van der Waals surface area contributed by atoms with Crippen molar-refractivity contribution in [3.05, 3.63) is 17.5 Å². The summed E-state index contributed by atoms with van der Waals surface area (Å²) >= 11 is 1.70. The highest BCUT2D eigenvalue weighted by molar-refractivity contribution is 7.99. The van der Waals surface area contributed by atoms with Gasteiger partial charge >= 0.3 is 0 Å². The molecule has 0 saturated carbocycles. The molecule has 0 aliphatic carbocycles. The van der Waals surface area contributed by atoms with E-state index < -0.39 is 0 Å². The van der Waals surface area contributed by atoms with Gasteiger partial charge in [-0.15, -0.1) is 10.2 Å². The lowest BCUT2D eigenvalue weighted by molar-refractivity contribution is 0.129. The molecule has 1 fully saturated rings. The maximum Gasteiger partial charge on any atom is 0.256 e. The van der Waals surface area contributed by atoms with Crippen molar-refractivity contribution in [1.29, 1.82) is 0 Å². The van der Waals surface area contributed by atoms with Crippen LogP contribution in [0.3, 0.4) is 0 Å². The fourth-order valence-electron chi connectivity index (χ4n) is 2.24. The van der Waals surface area contributed by atoms with Crippen LogP contribution in [0.5, 0.6) is 0 Å². The van der Waals surface area contributed by atoms with Crippen LogP contribution in [0.2, 0.25) is 0 Å². The molecule has 3 heterocycles. The molecule has 0 radical (unpaired) electrons. The Morgan fingerprint density at radius 1 is 1.44 bits per heavy atom. The Morgan fingerprint density at radius 3 is 3.11 bits per heavy atom. The zero-order valence-electron chi connectivity index (χ0n) is 10.6. The van der Waals surface area contributed by atoms with Crippen molar-refractivity contribution in [2.24, 2.45) is 0 Å². The minimum absolute atomic E-state index is 0.362. The van der Waals surface area contributed by atoms with Gasteiger partial charge in [-0.05, 0) is 32.8 Å². The molecule has 2 aromatic heterocycles. The molecular weight excluding hydrogens is 248 g/mol. The van der Waals surface area contributed by atoms with Crippen molar-refractivity contribution in [3.8, 4) is 0 Å². The van der Waals surface area contributed by atoms with Crippen LogP contribution in [0.4, 0.5) is 0 Å². The van der Waals surface area contributed by atoms with E-state index in [-0.39, 0.29) is 0 Å². The van der Waals surface area contributed by atoms with E-state index in [9.17, 15) is 0 Å². The predicted octanol–water partition coefficient (Wildman–Crippen LogP) is 2.01. The number of fused-ring (bicyclic) bond motifs is 1. The Labute approximate surface area is 110 Å². The zero-order valence-corrected chi connectivity index (χ0v) is 11.4. The fourth-order valence-corrected chi connectivity index (χ4v) is 3.29. The molecule has 0 aromatic carbocycles. The van der Waals surface area contributed by atoms with Crippen LogP contribution >= 0.6 is 11.8 Å². The molecule has 2 aromatic rings. The van der Waals surface area contributed by atoms with Crippen LogP contribution < -0.4 is 0 Å². The number of hydrogen-bond acceptors (Lipinski definition) is 5. The van der Waals surface area contributed by atoms with Gasteiger partial charge < -0.3 is 4.74 Å². The van der Waals surface area contributed by atoms with E-state index in [0.717, 1.165) is 35.3 Å². The molecule has 6 heteroatoms. The maximum absolute atomic E-state index is 5.62. The van der Waals surface area contributed by atoms with Crippen molar-refractivity contribution < 1.29 is 4.74 Å². The number of rotatable bonds is 3. The summed E-state index contributed by atoms with van der Waals surface area (Å²) in [4.78, 5) is 4.38. The topological polar surface area (TPSA) is 52.3 Å². The second-order valence-electron chi connectivity index (χ2n) is 4.60. The molecule has 1 aliphatic heterocycles. The van der Waals surface area contributed by atoms with Gasteiger partial charge in [0.05, 0.1) is 6.10 Å². The first kappa shape index (κ1) is 11.9. The SMILES string of the molecule is Cc1cc(C)n2c(SC[C@H]3CCCO3)nnc2n1. The normalized spacial score (nSPS) is 19.8. The van der Waals surface area contributed by atoms with Crippen molar-refractivity contribution in [2.45, 2.75) is 37.9 Å². The number of nitrogens with zero attached hydrogens (tertiary/aromatic N) is 4. The van der Waals surface area contributed by atoms with Crippen molar-refractivity contribution >= 4 is 17.5 Å². The first-order valence-electron chi connectivity index (χ1n) is 6.18. The zero-order chi connectivity index (χ0) is 12.5. The summed E-state index contributed by atoms with van der Waals surface area (Å²) in [5.74, 6) is 1.62. The highest BCUT2D eigenvalue weighted by atomic mass is 32.2. The maximum atomic E-state index is 5.62. The third-order valence-corrected chi connectivity index (χ3v) is 4.15. The van der Waals surface area contributed by atoms with Gasteiger partial charge in [-0.1, -0.05) is 11.8 Å². The summed E-state index contributed by atoms with van der Waals surface area (Å²) < 4.78 is 7.63. The summed E-state index contributed by atoms with van der Waals surface area (Å²) in [6.07, 6.45) is 2.69. The molecule has 1 aliphatic rings. The molecular formula is C12H16N4OS. The molecule has 3 rings (SSSR count). The third kappa shape index (κ3) is 2.22. The van der Waals surface area contributed by atoms with Gasteiger partial charge in [-0.3, -0.25) is 4.40 Å². The molecule has 0 N–H and O–H groups in total. The quantitative estimate of drug-likeness (QED) is 0.794. The van der Waals surface area contributed by atoms with Gasteiger partial charge in [0.15, 0.2) is 5.16 Å². The molecule has 18 heavy (non-hydrogen) atoms. The van der Waals surface area contributed by atoms with Crippen molar-refractivity contribution in [1.82, 2.24) is 19.6 Å². The monoisotopic (exact) mass is 264 g/mol. The Morgan fingerprint density at radius 2 is 2.33 bits per heavy atom. The lowest BCUT2D eigenvalue weighted by Crippen LogP contribution is -2.08. The van der Waals surface area contributed by atoms with E-state index in [1.54, 1.807) is 11.8 Å². The minimum Gasteiger partial charge on any atom is -0.377 e. The highest BCUT2D eigenvalue weighted by Crippen LogP contribution is 2.23. The van der Waals surface area contributed by atoms with Crippen molar-refractivity contribution in [3.63, 3.8) is 0 Å². The lowest BCUT2D eigenvalue weighted by atomic mass is 10.3. The van der Waals surface area contributed by atoms with Crippen LogP contribution in [0, 0.1) is 13.8 Å². The van der Waals surface area contributed by atoms with Gasteiger partial charge in [-0.25, -0.2) is 4.98 Å². The number of ether oxygens (including phenoxy) is 1. The molecule has 96 valence electrons. The van der Waals surface area contributed by atoms with Gasteiger partial charge in [0.25, 0.3) is 5.78 Å². The average Bonchev–Trinajstić information content (AvgIpc) is 2.94. The van der Waals surface area contributed by atoms with Crippen LogP contribution in [0.25, 0.3) is 5.78 Å². The van der Waals surface area contributed by atoms with Gasteiger partial charge in [0.1, 0.15) is 0 Å². The smallest absolute Gasteiger partial charge is 0.256 e. The second kappa shape index (κ2) is 4.85. The molecule has 1 atom stereocenters. The lowest BCUT2D eigenvalue weighted by Gasteiger charge is -2.08. The fraction of sp³-hybridized carbons (Fsp3) is 0.583. The molecule has 1 saturated heterocycles. The number of thioether (sulfide) groups is 1. The standard InChI is InChI=1S/C12H16N4OS/c1-8-6-9(2)16-11(13-8)14-15-12(16)18-7-10-4-3-5-17-10/h6,10H,3-5,7H2,1-2H3/t10-/m1/s1.